The maximum atomic E-state index is 11.0. The van der Waals surface area contributed by atoms with E-state index >= 15 is 0 Å². The Labute approximate surface area is 138 Å². The van der Waals surface area contributed by atoms with Gasteiger partial charge in [-0.3, -0.25) is 4.79 Å². The van der Waals surface area contributed by atoms with E-state index in [1.807, 2.05) is 0 Å². The van der Waals surface area contributed by atoms with Crippen LogP contribution in [-0.4, -0.2) is 59.3 Å². The molecule has 0 radical (unpaired) electrons. The van der Waals surface area contributed by atoms with Crippen molar-refractivity contribution in [3.63, 3.8) is 0 Å². The van der Waals surface area contributed by atoms with E-state index in [0.717, 1.165) is 51.9 Å². The first-order chi connectivity index (χ1) is 10.6. The second-order valence-corrected chi connectivity index (χ2v) is 7.48. The predicted molar refractivity (Wildman–Crippen MR) is 91.2 cm³/mol. The smallest absolute Gasteiger partial charge is 0.325 e. The van der Waals surface area contributed by atoms with Crippen molar-refractivity contribution in [2.45, 2.75) is 44.1 Å². The molecule has 0 aromatic heterocycles. The fourth-order valence-corrected chi connectivity index (χ4v) is 3.94. The largest absolute Gasteiger partial charge is 0.480 e. The molecule has 0 saturated carbocycles. The van der Waals surface area contributed by atoms with E-state index in [1.54, 1.807) is 0 Å². The lowest BCUT2D eigenvalue weighted by Crippen LogP contribution is -2.71. The zero-order valence-electron chi connectivity index (χ0n) is 12.9. The molecule has 2 rings (SSSR count). The highest BCUT2D eigenvalue weighted by molar-refractivity contribution is 7.97. The Morgan fingerprint density at radius 2 is 1.45 bits per heavy atom. The van der Waals surface area contributed by atoms with Crippen LogP contribution in [0.4, 0.5) is 0 Å². The summed E-state index contributed by atoms with van der Waals surface area (Å²) in [4.78, 5) is 11.0. The summed E-state index contributed by atoms with van der Waals surface area (Å²) in [6.45, 7) is 3.76. The number of hydrogen-bond donors (Lipinski definition) is 4. The SMILES string of the molecule is O=C(O)CNC(NN1CCCCC1)(NN1CCCCC1)[PH+]=S. The van der Waals surface area contributed by atoms with Crippen molar-refractivity contribution in [2.75, 3.05) is 32.7 Å². The van der Waals surface area contributed by atoms with Crippen LogP contribution in [0.3, 0.4) is 0 Å². The van der Waals surface area contributed by atoms with Crippen molar-refractivity contribution in [1.29, 1.82) is 0 Å². The molecule has 2 saturated heterocycles. The number of nitrogens with zero attached hydrogens (tertiary/aromatic N) is 2. The molecular formula is C13H27N5O2PS+. The third-order valence-corrected chi connectivity index (χ3v) is 5.65. The van der Waals surface area contributed by atoms with Crippen molar-refractivity contribution >= 4 is 25.1 Å². The Hall–Kier alpha value is -0.210. The summed E-state index contributed by atoms with van der Waals surface area (Å²) in [5.74, 6) is -0.876. The van der Waals surface area contributed by atoms with Gasteiger partial charge < -0.3 is 5.11 Å². The Bertz CT molecular complexity index is 355. The molecule has 1 unspecified atom stereocenters. The maximum absolute atomic E-state index is 11.0. The molecule has 0 aliphatic carbocycles. The van der Waals surface area contributed by atoms with Crippen molar-refractivity contribution in [3.05, 3.63) is 0 Å². The molecule has 2 aliphatic rings. The molecule has 1 atom stereocenters. The minimum atomic E-state index is -0.876. The van der Waals surface area contributed by atoms with Crippen LogP contribution in [0.15, 0.2) is 0 Å². The molecule has 0 amide bonds. The average molecular weight is 348 g/mol. The van der Waals surface area contributed by atoms with Crippen LogP contribution < -0.4 is 16.2 Å². The van der Waals surface area contributed by atoms with Crippen LogP contribution in [0.25, 0.3) is 0 Å². The molecule has 0 aromatic rings. The van der Waals surface area contributed by atoms with Gasteiger partial charge in [0.25, 0.3) is 0 Å². The first kappa shape index (κ1) is 18.1. The zero-order valence-corrected chi connectivity index (χ0v) is 14.8. The van der Waals surface area contributed by atoms with Gasteiger partial charge in [-0.2, -0.15) is 10.9 Å². The monoisotopic (exact) mass is 348 g/mol. The van der Waals surface area contributed by atoms with Gasteiger partial charge in [-0.1, -0.05) is 12.8 Å². The lowest BCUT2D eigenvalue weighted by Gasteiger charge is -2.38. The van der Waals surface area contributed by atoms with E-state index in [2.05, 4.69) is 26.2 Å². The standard InChI is InChI=1S/C13H26N5O2PS/c19-12(20)11-14-13(21-22,15-17-7-3-1-4-8-17)16-18-9-5-2-6-10-18/h14-16H,1-11H2,(H,19,20)/p+1. The number of rotatable bonds is 8. The van der Waals surface area contributed by atoms with Gasteiger partial charge in [0.2, 0.25) is 7.36 Å². The Morgan fingerprint density at radius 1 is 1.00 bits per heavy atom. The fourth-order valence-electron chi connectivity index (χ4n) is 2.88. The second kappa shape index (κ2) is 9.17. The predicted octanol–water partition coefficient (Wildman–Crippen LogP) is 0.393. The number of hydrazine groups is 2. The number of carboxylic acids is 1. The molecule has 2 aliphatic heterocycles. The topological polar surface area (TPSA) is 79.9 Å². The highest BCUT2D eigenvalue weighted by Crippen LogP contribution is 2.19. The fraction of sp³-hybridized carbons (Fsp3) is 0.923. The summed E-state index contributed by atoms with van der Waals surface area (Å²) in [6.07, 6.45) is 7.14. The number of carbonyl (C=O) groups is 1. The van der Waals surface area contributed by atoms with E-state index in [4.69, 9.17) is 16.9 Å². The van der Waals surface area contributed by atoms with Crippen LogP contribution >= 0.6 is 7.36 Å². The first-order valence-electron chi connectivity index (χ1n) is 8.05. The van der Waals surface area contributed by atoms with Crippen LogP contribution in [0.1, 0.15) is 38.5 Å². The number of nitrogens with one attached hydrogen (secondary N) is 3. The Balaban J connectivity index is 2.01. The van der Waals surface area contributed by atoms with Crippen molar-refractivity contribution in [3.8, 4) is 0 Å². The average Bonchev–Trinajstić information content (AvgIpc) is 2.54. The van der Waals surface area contributed by atoms with Crippen LogP contribution in [-0.2, 0) is 16.6 Å². The Kier molecular flexibility index (Phi) is 7.56. The molecule has 0 spiro atoms. The molecule has 2 heterocycles. The van der Waals surface area contributed by atoms with Crippen LogP contribution in [0.2, 0.25) is 0 Å². The molecule has 0 aromatic carbocycles. The molecule has 4 N–H and O–H groups in total. The third kappa shape index (κ3) is 5.77. The van der Waals surface area contributed by atoms with Gasteiger partial charge in [0.1, 0.15) is 6.54 Å². The summed E-state index contributed by atoms with van der Waals surface area (Å²) in [7, 11) is 0.0707. The minimum Gasteiger partial charge on any atom is -0.480 e. The van der Waals surface area contributed by atoms with Crippen molar-refractivity contribution in [1.82, 2.24) is 26.2 Å². The highest BCUT2D eigenvalue weighted by atomic mass is 32.4. The molecule has 22 heavy (non-hydrogen) atoms. The number of hydrogen-bond acceptors (Lipinski definition) is 7. The molecule has 126 valence electrons. The van der Waals surface area contributed by atoms with Gasteiger partial charge in [0, 0.05) is 26.2 Å². The molecule has 7 nitrogen and oxygen atoms in total. The van der Waals surface area contributed by atoms with E-state index in [9.17, 15) is 4.79 Å². The van der Waals surface area contributed by atoms with Crippen molar-refractivity contribution in [2.24, 2.45) is 0 Å². The summed E-state index contributed by atoms with van der Waals surface area (Å²) >= 11 is 5.37. The molecule has 0 bridgehead atoms. The minimum absolute atomic E-state index is 0.0707. The summed E-state index contributed by atoms with van der Waals surface area (Å²) in [6, 6.07) is 0. The Morgan fingerprint density at radius 3 is 1.82 bits per heavy atom. The summed E-state index contributed by atoms with van der Waals surface area (Å²) in [5, 5.41) is 16.4. The summed E-state index contributed by atoms with van der Waals surface area (Å²) in [5.41, 5.74) is 6.12. The van der Waals surface area contributed by atoms with E-state index in [0.29, 0.717) is 0 Å². The van der Waals surface area contributed by atoms with Gasteiger partial charge in [0.15, 0.2) is 11.8 Å². The zero-order chi connectivity index (χ0) is 15.8. The van der Waals surface area contributed by atoms with E-state index < -0.39 is 11.5 Å². The van der Waals surface area contributed by atoms with Crippen molar-refractivity contribution < 1.29 is 9.90 Å². The van der Waals surface area contributed by atoms with Crippen LogP contribution in [0, 0.1) is 0 Å². The van der Waals surface area contributed by atoms with E-state index in [1.165, 1.54) is 12.8 Å². The van der Waals surface area contributed by atoms with Gasteiger partial charge in [-0.25, -0.2) is 15.3 Å². The maximum Gasteiger partial charge on any atom is 0.325 e. The van der Waals surface area contributed by atoms with Gasteiger partial charge in [0.05, 0.1) is 0 Å². The number of aliphatic carboxylic acids is 1. The van der Waals surface area contributed by atoms with Gasteiger partial charge in [-0.05, 0) is 25.7 Å². The third-order valence-electron chi connectivity index (χ3n) is 4.02. The molecule has 2 fully saturated rings. The molecular weight excluding hydrogens is 321 g/mol. The highest BCUT2D eigenvalue weighted by Gasteiger charge is 2.40. The summed E-state index contributed by atoms with van der Waals surface area (Å²) < 4.78 is 0. The van der Waals surface area contributed by atoms with Crippen LogP contribution in [0.5, 0.6) is 0 Å². The van der Waals surface area contributed by atoms with Gasteiger partial charge >= 0.3 is 11.5 Å². The molecule has 9 heteroatoms. The lowest BCUT2D eigenvalue weighted by atomic mass is 10.2. The lowest BCUT2D eigenvalue weighted by molar-refractivity contribution is -0.136. The first-order valence-corrected chi connectivity index (χ1v) is 10.2. The number of piperidine rings is 2. The van der Waals surface area contributed by atoms with Gasteiger partial charge in [-0.15, -0.1) is 0 Å². The second-order valence-electron chi connectivity index (χ2n) is 5.92. The normalized spacial score (nSPS) is 22.0. The quantitative estimate of drug-likeness (QED) is 0.371. The number of carboxylic acid groups (broad SMARTS) is 1. The van der Waals surface area contributed by atoms with E-state index in [-0.39, 0.29) is 13.9 Å².